The lowest BCUT2D eigenvalue weighted by molar-refractivity contribution is 0.0697. The van der Waals surface area contributed by atoms with E-state index in [9.17, 15) is 13.2 Å². The van der Waals surface area contributed by atoms with Crippen molar-refractivity contribution in [3.05, 3.63) is 27.7 Å². The third-order valence-corrected chi connectivity index (χ3v) is 5.18. The Morgan fingerprint density at radius 2 is 1.87 bits per heavy atom. The number of benzene rings is 1. The molecule has 0 aromatic heterocycles. The first-order valence-electron chi connectivity index (χ1n) is 7.09. The molecule has 1 rings (SSSR count). The molecule has 6 nitrogen and oxygen atoms in total. The Bertz CT molecular complexity index is 649. The summed E-state index contributed by atoms with van der Waals surface area (Å²) in [5, 5.41) is 8.75. The average Bonchev–Trinajstić information content (AvgIpc) is 2.45. The maximum Gasteiger partial charge on any atom is 0.337 e. The number of carboxylic acid groups (broad SMARTS) is 1. The number of unbranched alkanes of at least 4 members (excludes halogenated alkanes) is 1. The van der Waals surface area contributed by atoms with Crippen molar-refractivity contribution >= 4 is 39.2 Å². The van der Waals surface area contributed by atoms with Crippen LogP contribution in [0.1, 0.15) is 36.5 Å². The summed E-state index contributed by atoms with van der Waals surface area (Å²) < 4.78 is 32.1. The van der Waals surface area contributed by atoms with Crippen molar-refractivity contribution in [1.82, 2.24) is 4.72 Å². The molecule has 0 aliphatic heterocycles. The summed E-state index contributed by atoms with van der Waals surface area (Å²) in [6, 6.07) is 2.06. The molecule has 9 heteroatoms. The van der Waals surface area contributed by atoms with Crippen LogP contribution in [-0.2, 0) is 14.8 Å². The third kappa shape index (κ3) is 6.27. The van der Waals surface area contributed by atoms with Gasteiger partial charge in [-0.05, 0) is 25.0 Å². The van der Waals surface area contributed by atoms with Crippen LogP contribution in [-0.4, -0.2) is 39.3 Å². The molecule has 0 amide bonds. The standard InChI is InChI=1S/C14H19Cl2NO5S/c1-2-3-6-22-7-4-5-17-23(20,21)13-8-10(14(18)19)11(15)9-12(13)16/h8-9,17H,2-7H2,1H3,(H,18,19). The van der Waals surface area contributed by atoms with Gasteiger partial charge in [0.1, 0.15) is 4.90 Å². The SMILES string of the molecule is CCCCOCCCNS(=O)(=O)c1cc(C(=O)O)c(Cl)cc1Cl. The van der Waals surface area contributed by atoms with Gasteiger partial charge in [0.15, 0.2) is 0 Å². The molecule has 23 heavy (non-hydrogen) atoms. The van der Waals surface area contributed by atoms with Crippen LogP contribution in [0.3, 0.4) is 0 Å². The highest BCUT2D eigenvalue weighted by molar-refractivity contribution is 7.89. The Hall–Kier alpha value is -0.860. The molecule has 0 spiro atoms. The van der Waals surface area contributed by atoms with E-state index in [1.54, 1.807) is 0 Å². The number of ether oxygens (including phenoxy) is 1. The maximum atomic E-state index is 12.2. The van der Waals surface area contributed by atoms with E-state index >= 15 is 0 Å². The zero-order chi connectivity index (χ0) is 17.5. The van der Waals surface area contributed by atoms with Gasteiger partial charge in [-0.2, -0.15) is 0 Å². The van der Waals surface area contributed by atoms with Gasteiger partial charge in [0.05, 0.1) is 15.6 Å². The van der Waals surface area contributed by atoms with Gasteiger partial charge in [-0.15, -0.1) is 0 Å². The molecule has 0 unspecified atom stereocenters. The lowest BCUT2D eigenvalue weighted by Crippen LogP contribution is -2.26. The van der Waals surface area contributed by atoms with Crippen molar-refractivity contribution in [1.29, 1.82) is 0 Å². The number of halogens is 2. The van der Waals surface area contributed by atoms with E-state index in [4.69, 9.17) is 33.0 Å². The summed E-state index contributed by atoms with van der Waals surface area (Å²) in [5.41, 5.74) is -0.320. The Balaban J connectivity index is 2.69. The van der Waals surface area contributed by atoms with Crippen molar-refractivity contribution in [2.45, 2.75) is 31.1 Å². The topological polar surface area (TPSA) is 92.7 Å². The normalized spacial score (nSPS) is 11.6. The summed E-state index contributed by atoms with van der Waals surface area (Å²) >= 11 is 11.6. The molecular weight excluding hydrogens is 365 g/mol. The van der Waals surface area contributed by atoms with E-state index in [0.29, 0.717) is 19.6 Å². The van der Waals surface area contributed by atoms with E-state index in [1.807, 2.05) is 0 Å². The lowest BCUT2D eigenvalue weighted by Gasteiger charge is -2.10. The highest BCUT2D eigenvalue weighted by atomic mass is 35.5. The molecule has 130 valence electrons. The Kier molecular flexibility index (Phi) is 8.28. The third-order valence-electron chi connectivity index (χ3n) is 2.94. The highest BCUT2D eigenvalue weighted by Crippen LogP contribution is 2.28. The predicted molar refractivity (Wildman–Crippen MR) is 89.0 cm³/mol. The lowest BCUT2D eigenvalue weighted by atomic mass is 10.2. The number of rotatable bonds is 10. The Labute approximate surface area is 145 Å². The van der Waals surface area contributed by atoms with E-state index in [0.717, 1.165) is 25.0 Å². The minimum atomic E-state index is -3.92. The maximum absolute atomic E-state index is 12.2. The van der Waals surface area contributed by atoms with Gasteiger partial charge in [-0.25, -0.2) is 17.9 Å². The first kappa shape index (κ1) is 20.2. The fourth-order valence-electron chi connectivity index (χ4n) is 1.71. The van der Waals surface area contributed by atoms with Crippen molar-refractivity contribution < 1.29 is 23.1 Å². The Morgan fingerprint density at radius 3 is 2.48 bits per heavy atom. The first-order valence-corrected chi connectivity index (χ1v) is 9.33. The fourth-order valence-corrected chi connectivity index (χ4v) is 3.63. The summed E-state index contributed by atoms with van der Waals surface area (Å²) in [4.78, 5) is 10.7. The molecule has 0 aliphatic rings. The molecule has 0 bridgehead atoms. The van der Waals surface area contributed by atoms with Crippen LogP contribution in [0.2, 0.25) is 10.0 Å². The molecule has 2 N–H and O–H groups in total. The van der Waals surface area contributed by atoms with Gasteiger partial charge in [-0.1, -0.05) is 36.5 Å². The molecule has 0 atom stereocenters. The van der Waals surface area contributed by atoms with Gasteiger partial charge in [-0.3, -0.25) is 0 Å². The predicted octanol–water partition coefficient (Wildman–Crippen LogP) is 3.18. The van der Waals surface area contributed by atoms with Gasteiger partial charge in [0.25, 0.3) is 0 Å². The molecule has 0 radical (unpaired) electrons. The number of nitrogens with one attached hydrogen (secondary N) is 1. The molecule has 0 aliphatic carbocycles. The minimum Gasteiger partial charge on any atom is -0.478 e. The highest BCUT2D eigenvalue weighted by Gasteiger charge is 2.22. The van der Waals surface area contributed by atoms with E-state index in [1.165, 1.54) is 0 Å². The number of carbonyl (C=O) groups is 1. The summed E-state index contributed by atoms with van der Waals surface area (Å²) in [6.45, 7) is 3.31. The molecule has 0 heterocycles. The molecule has 1 aromatic carbocycles. The number of aromatic carboxylic acids is 1. The van der Waals surface area contributed by atoms with Crippen molar-refractivity contribution in [2.75, 3.05) is 19.8 Å². The van der Waals surface area contributed by atoms with Crippen LogP contribution in [0.5, 0.6) is 0 Å². The first-order chi connectivity index (χ1) is 10.8. The minimum absolute atomic E-state index is 0.120. The summed E-state index contributed by atoms with van der Waals surface area (Å²) in [7, 11) is -3.92. The van der Waals surface area contributed by atoms with Crippen molar-refractivity contribution in [3.8, 4) is 0 Å². The number of sulfonamides is 1. The van der Waals surface area contributed by atoms with E-state index < -0.39 is 16.0 Å². The van der Waals surface area contributed by atoms with Crippen molar-refractivity contribution in [2.24, 2.45) is 0 Å². The van der Waals surface area contributed by atoms with Crippen molar-refractivity contribution in [3.63, 3.8) is 0 Å². The molecule has 0 fully saturated rings. The second-order valence-corrected chi connectivity index (χ2v) is 7.33. The van der Waals surface area contributed by atoms with E-state index in [2.05, 4.69) is 11.6 Å². The van der Waals surface area contributed by atoms with Gasteiger partial charge in [0, 0.05) is 19.8 Å². The summed E-state index contributed by atoms with van der Waals surface area (Å²) in [5.74, 6) is -1.33. The second-order valence-electron chi connectivity index (χ2n) is 4.78. The second kappa shape index (κ2) is 9.44. The van der Waals surface area contributed by atoms with Crippen LogP contribution in [0, 0.1) is 0 Å². The molecule has 1 aromatic rings. The van der Waals surface area contributed by atoms with Crippen LogP contribution in [0.25, 0.3) is 0 Å². The number of carboxylic acids is 1. The smallest absolute Gasteiger partial charge is 0.337 e. The largest absolute Gasteiger partial charge is 0.478 e. The van der Waals surface area contributed by atoms with E-state index in [-0.39, 0.29) is 27.0 Å². The molecule has 0 saturated heterocycles. The van der Waals surface area contributed by atoms with Crippen LogP contribution in [0.4, 0.5) is 0 Å². The quantitative estimate of drug-likeness (QED) is 0.605. The van der Waals surface area contributed by atoms with Gasteiger partial charge < -0.3 is 9.84 Å². The zero-order valence-corrected chi connectivity index (χ0v) is 15.0. The average molecular weight is 384 g/mol. The van der Waals surface area contributed by atoms with Gasteiger partial charge in [0.2, 0.25) is 10.0 Å². The van der Waals surface area contributed by atoms with Crippen LogP contribution < -0.4 is 4.72 Å². The molecule has 0 saturated carbocycles. The zero-order valence-electron chi connectivity index (χ0n) is 12.6. The Morgan fingerprint density at radius 1 is 1.22 bits per heavy atom. The number of hydrogen-bond donors (Lipinski definition) is 2. The van der Waals surface area contributed by atoms with Crippen LogP contribution in [0.15, 0.2) is 17.0 Å². The summed E-state index contributed by atoms with van der Waals surface area (Å²) in [6.07, 6.45) is 2.50. The van der Waals surface area contributed by atoms with Crippen LogP contribution >= 0.6 is 23.2 Å². The molecular formula is C14H19Cl2NO5S. The monoisotopic (exact) mass is 383 g/mol. The number of hydrogen-bond acceptors (Lipinski definition) is 4. The van der Waals surface area contributed by atoms with Gasteiger partial charge >= 0.3 is 5.97 Å². The fraction of sp³-hybridized carbons (Fsp3) is 0.500.